The molecular weight excluding hydrogens is 422 g/mol. The van der Waals surface area contributed by atoms with E-state index in [9.17, 15) is 9.59 Å². The van der Waals surface area contributed by atoms with Crippen LogP contribution in [0.5, 0.6) is 0 Å². The summed E-state index contributed by atoms with van der Waals surface area (Å²) in [6, 6.07) is 17.3. The summed E-state index contributed by atoms with van der Waals surface area (Å²) >= 11 is 6.01. The van der Waals surface area contributed by atoms with E-state index in [0.29, 0.717) is 19.3 Å². The summed E-state index contributed by atoms with van der Waals surface area (Å²) in [5.41, 5.74) is 1.51. The maximum absolute atomic E-state index is 13.6. The number of carbonyl (C=O) groups is 2. The second-order valence-electron chi connectivity index (χ2n) is 9.12. The third-order valence-electron chi connectivity index (χ3n) is 7.04. The highest BCUT2D eigenvalue weighted by Gasteiger charge is 2.54. The summed E-state index contributed by atoms with van der Waals surface area (Å²) < 4.78 is 0. The average Bonchev–Trinajstić information content (AvgIpc) is 2.81. The lowest BCUT2D eigenvalue weighted by Crippen LogP contribution is -2.74. The molecule has 0 radical (unpaired) electrons. The normalized spacial score (nSPS) is 22.1. The Morgan fingerprint density at radius 1 is 1.03 bits per heavy atom. The van der Waals surface area contributed by atoms with Gasteiger partial charge >= 0.3 is 0 Å². The van der Waals surface area contributed by atoms with Crippen LogP contribution < -0.4 is 5.32 Å². The zero-order valence-electron chi connectivity index (χ0n) is 18.9. The molecule has 32 heavy (non-hydrogen) atoms. The minimum atomic E-state index is -0.754. The van der Waals surface area contributed by atoms with Gasteiger partial charge < -0.3 is 10.2 Å². The van der Waals surface area contributed by atoms with Crippen molar-refractivity contribution in [3.8, 4) is 0 Å². The number of carbonyl (C=O) groups excluding carboxylic acids is 2. The number of hydrogen-bond acceptors (Lipinski definition) is 3. The Morgan fingerprint density at radius 2 is 1.69 bits per heavy atom. The fraction of sp³-hybridized carbons (Fsp3) is 0.462. The van der Waals surface area contributed by atoms with Gasteiger partial charge in [0.05, 0.1) is 0 Å². The van der Waals surface area contributed by atoms with Crippen molar-refractivity contribution in [1.82, 2.24) is 15.1 Å². The maximum atomic E-state index is 13.6. The third kappa shape index (κ3) is 4.55. The van der Waals surface area contributed by atoms with Crippen molar-refractivity contribution < 1.29 is 9.59 Å². The molecule has 1 N–H and O–H groups in total. The van der Waals surface area contributed by atoms with Crippen LogP contribution in [-0.4, -0.2) is 52.3 Å². The number of amides is 2. The van der Waals surface area contributed by atoms with Crippen LogP contribution in [0.2, 0.25) is 5.02 Å². The fourth-order valence-electron chi connectivity index (χ4n) is 5.05. The summed E-state index contributed by atoms with van der Waals surface area (Å²) in [5.74, 6) is 0.0541. The lowest BCUT2D eigenvalue weighted by Gasteiger charge is -2.53. The molecule has 2 heterocycles. The van der Waals surface area contributed by atoms with Crippen LogP contribution in [0.1, 0.15) is 44.2 Å². The van der Waals surface area contributed by atoms with E-state index in [1.54, 1.807) is 0 Å². The second kappa shape index (κ2) is 9.63. The standard InChI is InChI=1S/C26H32ClN3O2/c1-3-19(2)30-24(31)23(17-20-7-5-4-6-8-20)28-25(32)26(30)13-15-29(16-14-26)18-21-9-11-22(27)12-10-21/h4-12,19,23H,3,13-18H2,1-2H3,(H,28,32). The molecule has 2 aromatic rings. The highest BCUT2D eigenvalue weighted by Crippen LogP contribution is 2.36. The van der Waals surface area contributed by atoms with Gasteiger partial charge in [0, 0.05) is 37.1 Å². The molecule has 2 amide bonds. The number of benzene rings is 2. The molecule has 4 rings (SSSR count). The van der Waals surface area contributed by atoms with Crippen molar-refractivity contribution in [2.75, 3.05) is 13.1 Å². The Balaban J connectivity index is 1.50. The van der Waals surface area contributed by atoms with Crippen molar-refractivity contribution in [2.45, 2.75) is 63.7 Å². The summed E-state index contributed by atoms with van der Waals surface area (Å²) in [6.45, 7) is 6.53. The summed E-state index contributed by atoms with van der Waals surface area (Å²) in [6.07, 6.45) is 2.66. The zero-order valence-corrected chi connectivity index (χ0v) is 19.6. The first-order valence-electron chi connectivity index (χ1n) is 11.6. The molecule has 0 aromatic heterocycles. The number of piperazine rings is 1. The highest BCUT2D eigenvalue weighted by molar-refractivity contribution is 6.30. The van der Waals surface area contributed by atoms with E-state index in [2.05, 4.69) is 24.1 Å². The van der Waals surface area contributed by atoms with Gasteiger partial charge in [-0.2, -0.15) is 0 Å². The number of hydrogen-bond donors (Lipinski definition) is 1. The van der Waals surface area contributed by atoms with Gasteiger partial charge in [0.25, 0.3) is 0 Å². The van der Waals surface area contributed by atoms with E-state index in [4.69, 9.17) is 11.6 Å². The molecule has 2 unspecified atom stereocenters. The van der Waals surface area contributed by atoms with E-state index in [1.165, 1.54) is 5.56 Å². The fourth-order valence-corrected chi connectivity index (χ4v) is 5.18. The van der Waals surface area contributed by atoms with Crippen LogP contribution in [0.3, 0.4) is 0 Å². The molecule has 0 saturated carbocycles. The Bertz CT molecular complexity index is 939. The largest absolute Gasteiger partial charge is 0.342 e. The van der Waals surface area contributed by atoms with Gasteiger partial charge in [0.2, 0.25) is 11.8 Å². The molecule has 2 fully saturated rings. The summed E-state index contributed by atoms with van der Waals surface area (Å²) in [4.78, 5) is 31.4. The van der Waals surface area contributed by atoms with E-state index in [0.717, 1.165) is 36.6 Å². The van der Waals surface area contributed by atoms with E-state index < -0.39 is 11.6 Å². The lowest BCUT2D eigenvalue weighted by molar-refractivity contribution is -0.164. The number of nitrogens with one attached hydrogen (secondary N) is 1. The van der Waals surface area contributed by atoms with Gasteiger partial charge in [-0.15, -0.1) is 0 Å². The molecule has 0 aliphatic carbocycles. The summed E-state index contributed by atoms with van der Waals surface area (Å²) in [7, 11) is 0. The van der Waals surface area contributed by atoms with Gasteiger partial charge in [-0.1, -0.05) is 61.0 Å². The number of halogens is 1. The molecule has 5 nitrogen and oxygen atoms in total. The van der Waals surface area contributed by atoms with Crippen LogP contribution in [0.25, 0.3) is 0 Å². The molecule has 2 aliphatic rings. The highest BCUT2D eigenvalue weighted by atomic mass is 35.5. The zero-order chi connectivity index (χ0) is 22.7. The number of nitrogens with zero attached hydrogens (tertiary/aromatic N) is 2. The van der Waals surface area contributed by atoms with Crippen molar-refractivity contribution in [1.29, 1.82) is 0 Å². The van der Waals surface area contributed by atoms with Crippen LogP contribution in [0, 0.1) is 0 Å². The topological polar surface area (TPSA) is 52.7 Å². The molecule has 2 saturated heterocycles. The van der Waals surface area contributed by atoms with Gasteiger partial charge in [0.15, 0.2) is 0 Å². The molecule has 2 atom stereocenters. The minimum absolute atomic E-state index is 0.00414. The van der Waals surface area contributed by atoms with E-state index in [1.807, 2.05) is 59.5 Å². The number of likely N-dealkylation sites (tertiary alicyclic amines) is 1. The molecule has 1 spiro atoms. The first-order chi connectivity index (χ1) is 15.4. The summed E-state index contributed by atoms with van der Waals surface area (Å²) in [5, 5.41) is 3.83. The van der Waals surface area contributed by atoms with Crippen LogP contribution >= 0.6 is 11.6 Å². The minimum Gasteiger partial charge on any atom is -0.342 e. The van der Waals surface area contributed by atoms with Crippen LogP contribution in [-0.2, 0) is 22.6 Å². The van der Waals surface area contributed by atoms with E-state index >= 15 is 0 Å². The SMILES string of the molecule is CCC(C)N1C(=O)C(Cc2ccccc2)NC(=O)C12CCN(Cc1ccc(Cl)cc1)CC2. The first kappa shape index (κ1) is 22.8. The lowest BCUT2D eigenvalue weighted by atomic mass is 9.80. The smallest absolute Gasteiger partial charge is 0.246 e. The van der Waals surface area contributed by atoms with Crippen molar-refractivity contribution in [3.63, 3.8) is 0 Å². The van der Waals surface area contributed by atoms with Gasteiger partial charge in [-0.05, 0) is 49.4 Å². The first-order valence-corrected chi connectivity index (χ1v) is 12.0. The maximum Gasteiger partial charge on any atom is 0.246 e. The second-order valence-corrected chi connectivity index (χ2v) is 9.55. The molecule has 6 heteroatoms. The molecule has 2 aromatic carbocycles. The monoisotopic (exact) mass is 453 g/mol. The van der Waals surface area contributed by atoms with Crippen LogP contribution in [0.15, 0.2) is 54.6 Å². The average molecular weight is 454 g/mol. The van der Waals surface area contributed by atoms with Crippen molar-refractivity contribution in [3.05, 3.63) is 70.7 Å². The predicted octanol–water partition coefficient (Wildman–Crippen LogP) is 4.04. The van der Waals surface area contributed by atoms with E-state index in [-0.39, 0.29) is 17.9 Å². The molecule has 170 valence electrons. The Hall–Kier alpha value is -2.37. The number of piperidine rings is 1. The van der Waals surface area contributed by atoms with Gasteiger partial charge in [0.1, 0.15) is 11.6 Å². The predicted molar refractivity (Wildman–Crippen MR) is 127 cm³/mol. The molecule has 2 aliphatic heterocycles. The number of rotatable bonds is 6. The van der Waals surface area contributed by atoms with Crippen molar-refractivity contribution in [2.24, 2.45) is 0 Å². The molecule has 0 bridgehead atoms. The van der Waals surface area contributed by atoms with Crippen molar-refractivity contribution >= 4 is 23.4 Å². The van der Waals surface area contributed by atoms with Gasteiger partial charge in [-0.3, -0.25) is 14.5 Å². The van der Waals surface area contributed by atoms with Crippen LogP contribution in [0.4, 0.5) is 0 Å². The van der Waals surface area contributed by atoms with Gasteiger partial charge in [-0.25, -0.2) is 0 Å². The Labute approximate surface area is 195 Å². The molecular formula is C26H32ClN3O2. The Morgan fingerprint density at radius 3 is 2.31 bits per heavy atom. The Kier molecular flexibility index (Phi) is 6.87. The quantitative estimate of drug-likeness (QED) is 0.718. The third-order valence-corrected chi connectivity index (χ3v) is 7.29.